The third-order valence-electron chi connectivity index (χ3n) is 6.22. The number of halogens is 1. The Morgan fingerprint density at radius 3 is 1.60 bits per heavy atom. The number of thiazole rings is 1. The van der Waals surface area contributed by atoms with E-state index in [1.807, 2.05) is 116 Å². The summed E-state index contributed by atoms with van der Waals surface area (Å²) in [4.78, 5) is 18.4. The van der Waals surface area contributed by atoms with Crippen molar-refractivity contribution < 1.29 is 38.9 Å². The van der Waals surface area contributed by atoms with Crippen LogP contribution in [0.2, 0.25) is 0 Å². The number of fused-ring (bicyclic) bond motifs is 2. The number of aromatic nitrogens is 7. The molecule has 0 unspecified atom stereocenters. The van der Waals surface area contributed by atoms with E-state index in [1.165, 1.54) is 4.88 Å². The maximum absolute atomic E-state index is 9.33. The maximum atomic E-state index is 9.33. The molecular formula is C31H28BrN7O4S2. The molecule has 0 aliphatic rings. The molecule has 0 radical (unpaired) electrons. The Morgan fingerprint density at radius 2 is 1.18 bits per heavy atom. The lowest BCUT2D eigenvalue weighted by molar-refractivity contribution is -0.734. The summed E-state index contributed by atoms with van der Waals surface area (Å²) in [7, 11) is -3.29. The minimum Gasteiger partial charge on any atom is -1.00 e. The molecule has 4 aromatic carbocycles. The van der Waals surface area contributed by atoms with Gasteiger partial charge in [0.2, 0.25) is 0 Å². The van der Waals surface area contributed by atoms with Gasteiger partial charge in [0.25, 0.3) is 5.13 Å². The van der Waals surface area contributed by atoms with Crippen LogP contribution in [0.25, 0.3) is 44.3 Å². The number of hydrogen-bond donors (Lipinski definition) is 1. The first kappa shape index (κ1) is 33.4. The van der Waals surface area contributed by atoms with Crippen molar-refractivity contribution in [1.82, 2.24) is 29.9 Å². The lowest BCUT2D eigenvalue weighted by atomic mass is 10.2. The third kappa shape index (κ3) is 8.59. The summed E-state index contributed by atoms with van der Waals surface area (Å²) >= 11 is 1.61. The number of aryl methyl sites for hydroxylation is 2. The molecule has 0 bridgehead atoms. The summed E-state index contributed by atoms with van der Waals surface area (Å²) in [5.41, 5.74) is 6.74. The molecule has 3 aromatic heterocycles. The monoisotopic (exact) mass is 705 g/mol. The molecule has 0 fully saturated rings. The fourth-order valence-electron chi connectivity index (χ4n) is 3.95. The molecular weight excluding hydrogens is 678 g/mol. The molecule has 0 spiro atoms. The van der Waals surface area contributed by atoms with Crippen LogP contribution in [-0.4, -0.2) is 50.0 Å². The van der Waals surface area contributed by atoms with Crippen molar-refractivity contribution in [2.75, 3.05) is 7.11 Å². The molecule has 0 atom stereocenters. The summed E-state index contributed by atoms with van der Waals surface area (Å²) in [6.45, 7) is 4.08. The smallest absolute Gasteiger partial charge is 0.397 e. The van der Waals surface area contributed by atoms with Crippen LogP contribution in [0.3, 0.4) is 0 Å². The van der Waals surface area contributed by atoms with Gasteiger partial charge in [0, 0.05) is 9.67 Å². The minimum atomic E-state index is -4.16. The molecule has 0 amide bonds. The van der Waals surface area contributed by atoms with Gasteiger partial charge in [-0.3, -0.25) is 8.74 Å². The van der Waals surface area contributed by atoms with Gasteiger partial charge in [-0.05, 0) is 72.3 Å². The quantitative estimate of drug-likeness (QED) is 0.166. The van der Waals surface area contributed by atoms with Crippen LogP contribution >= 0.6 is 11.3 Å². The molecule has 0 saturated carbocycles. The third-order valence-corrected chi connectivity index (χ3v) is 7.68. The van der Waals surface area contributed by atoms with Gasteiger partial charge in [-0.15, -0.1) is 0 Å². The van der Waals surface area contributed by atoms with E-state index in [0.717, 1.165) is 51.3 Å². The van der Waals surface area contributed by atoms with Gasteiger partial charge in [-0.2, -0.15) is 8.42 Å². The highest BCUT2D eigenvalue weighted by atomic mass is 79.9. The Balaban J connectivity index is 0.000000185. The second-order valence-electron chi connectivity index (χ2n) is 9.24. The molecule has 7 aromatic rings. The van der Waals surface area contributed by atoms with Gasteiger partial charge in [0.1, 0.15) is 0 Å². The summed E-state index contributed by atoms with van der Waals surface area (Å²) in [6, 6.07) is 35.8. The fraction of sp³-hybridized carbons (Fsp3) is 0.0968. The van der Waals surface area contributed by atoms with Crippen LogP contribution in [-0.2, 0) is 14.6 Å². The Labute approximate surface area is 274 Å². The van der Waals surface area contributed by atoms with Gasteiger partial charge in [-0.1, -0.05) is 72.0 Å². The average molecular weight is 707 g/mol. The van der Waals surface area contributed by atoms with Gasteiger partial charge in [0.05, 0.1) is 45.5 Å². The second kappa shape index (κ2) is 15.0. The highest BCUT2D eigenvalue weighted by Crippen LogP contribution is 2.21. The molecule has 0 saturated heterocycles. The summed E-state index contributed by atoms with van der Waals surface area (Å²) < 4.78 is 29.7. The zero-order valence-electron chi connectivity index (χ0n) is 24.4. The molecule has 230 valence electrons. The van der Waals surface area contributed by atoms with Crippen molar-refractivity contribution in [3.63, 3.8) is 0 Å². The largest absolute Gasteiger partial charge is 1.00 e. The highest BCUT2D eigenvalue weighted by Gasteiger charge is 2.25. The molecule has 3 heterocycles. The first-order chi connectivity index (χ1) is 21.2. The Hall–Kier alpha value is -4.47. The summed E-state index contributed by atoms with van der Waals surface area (Å²) in [5, 5.41) is 10.2. The highest BCUT2D eigenvalue weighted by molar-refractivity contribution is 7.80. The fourth-order valence-corrected chi connectivity index (χ4v) is 4.80. The minimum absolute atomic E-state index is 0. The van der Waals surface area contributed by atoms with Crippen molar-refractivity contribution in [2.24, 2.45) is 0 Å². The lowest BCUT2D eigenvalue weighted by Gasteiger charge is -1.98. The Morgan fingerprint density at radius 1 is 0.733 bits per heavy atom. The number of hydrogen-bond acceptors (Lipinski definition) is 9. The topological polar surface area (TPSA) is 137 Å². The zero-order chi connectivity index (χ0) is 31.1. The molecule has 0 aliphatic carbocycles. The summed E-state index contributed by atoms with van der Waals surface area (Å²) in [6.07, 6.45) is 0. The van der Waals surface area contributed by atoms with Crippen molar-refractivity contribution in [3.05, 3.63) is 120 Å². The van der Waals surface area contributed by atoms with Crippen molar-refractivity contribution in [1.29, 1.82) is 0 Å². The van der Waals surface area contributed by atoms with Gasteiger partial charge in [0.15, 0.2) is 5.69 Å². The molecule has 7 rings (SSSR count). The van der Waals surface area contributed by atoms with E-state index in [4.69, 9.17) is 14.8 Å². The van der Waals surface area contributed by atoms with E-state index in [9.17, 15) is 8.42 Å². The van der Waals surface area contributed by atoms with Crippen molar-refractivity contribution >= 4 is 43.8 Å². The zero-order valence-corrected chi connectivity index (χ0v) is 27.6. The Kier molecular flexibility index (Phi) is 11.1. The maximum Gasteiger partial charge on any atom is 0.397 e. The number of benzene rings is 4. The Bertz CT molecular complexity index is 2000. The van der Waals surface area contributed by atoms with E-state index >= 15 is 0 Å². The van der Waals surface area contributed by atoms with Gasteiger partial charge >= 0.3 is 16.2 Å². The first-order valence-electron chi connectivity index (χ1n) is 13.3. The van der Waals surface area contributed by atoms with E-state index in [-0.39, 0.29) is 17.0 Å². The summed E-state index contributed by atoms with van der Waals surface area (Å²) in [5.74, 6) is 0.671. The lowest BCUT2D eigenvalue weighted by Crippen LogP contribution is -3.00. The van der Waals surface area contributed by atoms with Crippen LogP contribution in [0.4, 0.5) is 0 Å². The molecule has 1 N–H and O–H groups in total. The standard InChI is InChI=1S/C18H16N5S.C12H8N2.CH4O4S.BrH/c1-13-14(2)24-18(19-13)23-21-17(15-9-5-3-6-10-15)20-22(23)16-11-7-4-8-12-16;1-2-6-10-9(5-1)13-11-7-3-4-8-12(11)14-10;1-5-6(2,3)4;/h3-12H,1-2H3;1-8H;1H3,(H,2,3,4);1H/q+1;;;/p-1. The van der Waals surface area contributed by atoms with Crippen LogP contribution < -0.4 is 21.8 Å². The van der Waals surface area contributed by atoms with Crippen LogP contribution in [0.15, 0.2) is 109 Å². The van der Waals surface area contributed by atoms with E-state index in [1.54, 1.807) is 20.9 Å². The molecule has 45 heavy (non-hydrogen) atoms. The average Bonchev–Trinajstić information content (AvgIpc) is 3.64. The van der Waals surface area contributed by atoms with Gasteiger partial charge in [-0.25, -0.2) is 15.0 Å². The van der Waals surface area contributed by atoms with Crippen molar-refractivity contribution in [3.8, 4) is 22.2 Å². The van der Waals surface area contributed by atoms with Crippen molar-refractivity contribution in [2.45, 2.75) is 13.8 Å². The van der Waals surface area contributed by atoms with E-state index in [0.29, 0.717) is 5.82 Å². The normalized spacial score (nSPS) is 10.8. The molecule has 11 nitrogen and oxygen atoms in total. The van der Waals surface area contributed by atoms with Crippen LogP contribution in [0.5, 0.6) is 0 Å². The molecule has 0 aliphatic heterocycles. The number of para-hydroxylation sites is 5. The van der Waals surface area contributed by atoms with Gasteiger partial charge < -0.3 is 17.0 Å². The second-order valence-corrected chi connectivity index (χ2v) is 11.6. The van der Waals surface area contributed by atoms with E-state index < -0.39 is 10.4 Å². The first-order valence-corrected chi connectivity index (χ1v) is 15.5. The van der Waals surface area contributed by atoms with E-state index in [2.05, 4.69) is 26.1 Å². The van der Waals surface area contributed by atoms with Crippen LogP contribution in [0.1, 0.15) is 10.6 Å². The number of nitrogens with zero attached hydrogens (tertiary/aromatic N) is 7. The predicted octanol–water partition coefficient (Wildman–Crippen LogP) is 2.51. The predicted molar refractivity (Wildman–Crippen MR) is 169 cm³/mol. The number of rotatable bonds is 4. The number of tetrazole rings is 1. The molecule has 14 heteroatoms. The van der Waals surface area contributed by atoms with Crippen LogP contribution in [0, 0.1) is 13.8 Å². The SMILES string of the molecule is COS(=O)(=O)O.Cc1nc(-n2nc(-c3ccccc3)n[n+]2-c2ccccc2)sc1C.[Br-].c1ccc2nc3ccccc3nc2c1.